The van der Waals surface area contributed by atoms with Gasteiger partial charge in [0.2, 0.25) is 0 Å². The first-order valence-electron chi connectivity index (χ1n) is 6.55. The molecule has 2 aromatic rings. The molecule has 0 saturated heterocycles. The van der Waals surface area contributed by atoms with Crippen molar-refractivity contribution in [2.45, 2.75) is 46.3 Å². The zero-order chi connectivity index (χ0) is 13.3. The average molecular weight is 246 g/mol. The van der Waals surface area contributed by atoms with Crippen LogP contribution in [0, 0.1) is 0 Å². The SMILES string of the molecule is CC(C)NCc1cn(C(C)C)c2ccc(O)cc12. The number of nitrogens with one attached hydrogen (secondary N) is 1. The zero-order valence-electron chi connectivity index (χ0n) is 11.6. The maximum atomic E-state index is 9.65. The minimum atomic E-state index is 0.329. The second-order valence-electron chi connectivity index (χ2n) is 5.39. The Kier molecular flexibility index (Phi) is 3.62. The van der Waals surface area contributed by atoms with Gasteiger partial charge in [-0.25, -0.2) is 0 Å². The number of phenolic OH excluding ortho intramolecular Hbond substituents is 1. The molecule has 0 bridgehead atoms. The lowest BCUT2D eigenvalue weighted by Crippen LogP contribution is -2.21. The highest BCUT2D eigenvalue weighted by molar-refractivity contribution is 5.85. The van der Waals surface area contributed by atoms with Crippen LogP contribution in [-0.4, -0.2) is 15.7 Å². The molecular weight excluding hydrogens is 224 g/mol. The van der Waals surface area contributed by atoms with Gasteiger partial charge in [-0.05, 0) is 37.6 Å². The molecule has 0 amide bonds. The number of hydrogen-bond donors (Lipinski definition) is 2. The van der Waals surface area contributed by atoms with Crippen LogP contribution in [0.25, 0.3) is 10.9 Å². The lowest BCUT2D eigenvalue weighted by atomic mass is 10.1. The number of hydrogen-bond acceptors (Lipinski definition) is 2. The summed E-state index contributed by atoms with van der Waals surface area (Å²) in [6.45, 7) is 9.45. The van der Waals surface area contributed by atoms with Crippen LogP contribution in [0.5, 0.6) is 5.75 Å². The quantitative estimate of drug-likeness (QED) is 0.867. The number of nitrogens with zero attached hydrogens (tertiary/aromatic N) is 1. The van der Waals surface area contributed by atoms with Crippen LogP contribution in [0.2, 0.25) is 0 Å². The number of aromatic nitrogens is 1. The van der Waals surface area contributed by atoms with E-state index in [9.17, 15) is 5.11 Å². The fourth-order valence-corrected chi connectivity index (χ4v) is 2.20. The van der Waals surface area contributed by atoms with E-state index in [2.05, 4.69) is 43.8 Å². The standard InChI is InChI=1S/C15H22N2O/c1-10(2)16-8-12-9-17(11(3)4)15-6-5-13(18)7-14(12)15/h5-7,9-11,16,18H,8H2,1-4H3. The number of aromatic hydroxyl groups is 1. The van der Waals surface area contributed by atoms with Gasteiger partial charge in [0, 0.05) is 35.7 Å². The summed E-state index contributed by atoms with van der Waals surface area (Å²) in [5.74, 6) is 0.329. The Morgan fingerprint density at radius 1 is 1.22 bits per heavy atom. The maximum Gasteiger partial charge on any atom is 0.116 e. The van der Waals surface area contributed by atoms with Crippen molar-refractivity contribution in [2.75, 3.05) is 0 Å². The molecule has 1 heterocycles. The van der Waals surface area contributed by atoms with Crippen LogP contribution in [0.3, 0.4) is 0 Å². The molecule has 2 rings (SSSR count). The molecule has 1 aromatic heterocycles. The Labute approximate surface area is 108 Å². The fraction of sp³-hybridized carbons (Fsp3) is 0.467. The van der Waals surface area contributed by atoms with Gasteiger partial charge in [0.15, 0.2) is 0 Å². The van der Waals surface area contributed by atoms with Crippen LogP contribution in [-0.2, 0) is 6.54 Å². The molecule has 0 spiro atoms. The molecule has 0 atom stereocenters. The lowest BCUT2D eigenvalue weighted by molar-refractivity contribution is 0.476. The molecule has 0 aliphatic heterocycles. The van der Waals surface area contributed by atoms with Crippen molar-refractivity contribution in [3.8, 4) is 5.75 Å². The number of fused-ring (bicyclic) bond motifs is 1. The molecule has 0 fully saturated rings. The predicted molar refractivity (Wildman–Crippen MR) is 76.0 cm³/mol. The summed E-state index contributed by atoms with van der Waals surface area (Å²) in [6, 6.07) is 6.47. The first kappa shape index (κ1) is 13.0. The topological polar surface area (TPSA) is 37.2 Å². The molecule has 18 heavy (non-hydrogen) atoms. The Balaban J connectivity index is 2.48. The van der Waals surface area contributed by atoms with Gasteiger partial charge in [0.1, 0.15) is 5.75 Å². The van der Waals surface area contributed by atoms with Crippen LogP contribution < -0.4 is 5.32 Å². The van der Waals surface area contributed by atoms with Gasteiger partial charge < -0.3 is 15.0 Å². The van der Waals surface area contributed by atoms with Gasteiger partial charge in [-0.15, -0.1) is 0 Å². The summed E-state index contributed by atoms with van der Waals surface area (Å²) in [6.07, 6.45) is 2.18. The second-order valence-corrected chi connectivity index (χ2v) is 5.39. The molecule has 3 heteroatoms. The van der Waals surface area contributed by atoms with Crippen molar-refractivity contribution in [2.24, 2.45) is 0 Å². The third kappa shape index (κ3) is 2.51. The largest absolute Gasteiger partial charge is 0.508 e. The Hall–Kier alpha value is -1.48. The molecule has 0 aliphatic carbocycles. The number of rotatable bonds is 4. The van der Waals surface area contributed by atoms with Gasteiger partial charge in [0.05, 0.1) is 0 Å². The third-order valence-corrected chi connectivity index (χ3v) is 3.16. The number of phenols is 1. The smallest absolute Gasteiger partial charge is 0.116 e. The summed E-state index contributed by atoms with van der Waals surface area (Å²) < 4.78 is 2.26. The van der Waals surface area contributed by atoms with Gasteiger partial charge in [0.25, 0.3) is 0 Å². The highest BCUT2D eigenvalue weighted by atomic mass is 16.3. The van der Waals surface area contributed by atoms with Crippen molar-refractivity contribution in [3.05, 3.63) is 30.0 Å². The summed E-state index contributed by atoms with van der Waals surface area (Å²) in [4.78, 5) is 0. The predicted octanol–water partition coefficient (Wildman–Crippen LogP) is 3.43. The molecular formula is C15H22N2O. The first-order chi connectivity index (χ1) is 8.49. The number of benzene rings is 1. The van der Waals surface area contributed by atoms with E-state index in [1.165, 1.54) is 11.1 Å². The molecule has 1 aromatic carbocycles. The minimum Gasteiger partial charge on any atom is -0.508 e. The Bertz CT molecular complexity index is 541. The maximum absolute atomic E-state index is 9.65. The monoisotopic (exact) mass is 246 g/mol. The third-order valence-electron chi connectivity index (χ3n) is 3.16. The fourth-order valence-electron chi connectivity index (χ4n) is 2.20. The van der Waals surface area contributed by atoms with E-state index in [1.54, 1.807) is 6.07 Å². The van der Waals surface area contributed by atoms with Crippen LogP contribution in [0.1, 0.15) is 39.3 Å². The molecule has 3 nitrogen and oxygen atoms in total. The van der Waals surface area contributed by atoms with E-state index >= 15 is 0 Å². The van der Waals surface area contributed by atoms with Crippen molar-refractivity contribution in [1.29, 1.82) is 0 Å². The van der Waals surface area contributed by atoms with Crippen molar-refractivity contribution < 1.29 is 5.11 Å². The highest BCUT2D eigenvalue weighted by Gasteiger charge is 2.11. The van der Waals surface area contributed by atoms with Gasteiger partial charge in [-0.2, -0.15) is 0 Å². The van der Waals surface area contributed by atoms with Crippen molar-refractivity contribution >= 4 is 10.9 Å². The summed E-state index contributed by atoms with van der Waals surface area (Å²) >= 11 is 0. The molecule has 0 radical (unpaired) electrons. The van der Waals surface area contributed by atoms with E-state index in [4.69, 9.17) is 0 Å². The average Bonchev–Trinajstić information content (AvgIpc) is 2.64. The second kappa shape index (κ2) is 5.02. The lowest BCUT2D eigenvalue weighted by Gasteiger charge is -2.08. The normalized spacial score (nSPS) is 11.9. The van der Waals surface area contributed by atoms with E-state index < -0.39 is 0 Å². The molecule has 98 valence electrons. The highest BCUT2D eigenvalue weighted by Crippen LogP contribution is 2.27. The summed E-state index contributed by atoms with van der Waals surface area (Å²) in [5.41, 5.74) is 2.42. The Morgan fingerprint density at radius 2 is 1.94 bits per heavy atom. The van der Waals surface area contributed by atoms with E-state index in [1.807, 2.05) is 12.1 Å². The van der Waals surface area contributed by atoms with E-state index in [0.29, 0.717) is 17.8 Å². The van der Waals surface area contributed by atoms with Crippen LogP contribution in [0.4, 0.5) is 0 Å². The van der Waals surface area contributed by atoms with E-state index in [-0.39, 0.29) is 0 Å². The van der Waals surface area contributed by atoms with Crippen molar-refractivity contribution in [3.63, 3.8) is 0 Å². The molecule has 0 aliphatic rings. The Morgan fingerprint density at radius 3 is 2.56 bits per heavy atom. The van der Waals surface area contributed by atoms with Crippen molar-refractivity contribution in [1.82, 2.24) is 9.88 Å². The molecule has 0 unspecified atom stereocenters. The van der Waals surface area contributed by atoms with Crippen LogP contribution in [0.15, 0.2) is 24.4 Å². The molecule has 0 saturated carbocycles. The summed E-state index contributed by atoms with van der Waals surface area (Å²) in [7, 11) is 0. The first-order valence-corrected chi connectivity index (χ1v) is 6.55. The van der Waals surface area contributed by atoms with Gasteiger partial charge in [-0.3, -0.25) is 0 Å². The van der Waals surface area contributed by atoms with E-state index in [0.717, 1.165) is 11.9 Å². The zero-order valence-corrected chi connectivity index (χ0v) is 11.6. The van der Waals surface area contributed by atoms with Gasteiger partial charge >= 0.3 is 0 Å². The van der Waals surface area contributed by atoms with Gasteiger partial charge in [-0.1, -0.05) is 13.8 Å². The molecule has 2 N–H and O–H groups in total. The van der Waals surface area contributed by atoms with Crippen LogP contribution >= 0.6 is 0 Å². The summed E-state index contributed by atoms with van der Waals surface area (Å²) in [5, 5.41) is 14.2. The minimum absolute atomic E-state index is 0.329.